The summed E-state index contributed by atoms with van der Waals surface area (Å²) in [6.45, 7) is 60.8. The van der Waals surface area contributed by atoms with Gasteiger partial charge in [0, 0.05) is 43.9 Å². The van der Waals surface area contributed by atoms with Crippen molar-refractivity contribution >= 4 is 98.1 Å². The molecule has 11 heteroatoms. The zero-order valence-corrected chi connectivity index (χ0v) is 77.4. The van der Waals surface area contributed by atoms with Gasteiger partial charge < -0.3 is 42.6 Å². The number of carbonyl (C=O) groups excluding carboxylic acids is 2. The first-order chi connectivity index (χ1) is 57.8. The first-order valence-electron chi connectivity index (χ1n) is 45.0. The molecule has 0 amide bonds. The van der Waals surface area contributed by atoms with Crippen LogP contribution < -0.4 is 0 Å². The van der Waals surface area contributed by atoms with Crippen LogP contribution >= 0.6 is 0 Å². The Morgan fingerprint density at radius 1 is 0.223 bits per heavy atom. The Kier molecular flexibility index (Phi) is 33.2. The smallest absolute Gasteiger partial charge is 0.338 e. The van der Waals surface area contributed by atoms with Crippen molar-refractivity contribution in [2.24, 2.45) is 92.7 Å². The molecular formula is C110H138O11. The molecule has 644 valence electrons. The van der Waals surface area contributed by atoms with E-state index in [1.165, 1.54) is 0 Å². The number of hydrogen-bond acceptors (Lipinski definition) is 11. The Hall–Kier alpha value is -8.82. The Morgan fingerprint density at radius 2 is 0.388 bits per heavy atom. The van der Waals surface area contributed by atoms with Gasteiger partial charge >= 0.3 is 11.9 Å². The third-order valence-electron chi connectivity index (χ3n) is 26.6. The molecule has 0 bridgehead atoms. The number of benzene rings is 10. The lowest BCUT2D eigenvalue weighted by Crippen LogP contribution is -2.37. The molecule has 0 saturated heterocycles. The second-order valence-electron chi connectivity index (χ2n) is 37.1. The van der Waals surface area contributed by atoms with Gasteiger partial charge in [-0.05, 0) is 230 Å². The molecule has 0 radical (unpaired) electrons. The summed E-state index contributed by atoms with van der Waals surface area (Å²) in [5, 5.41) is 17.0. The van der Waals surface area contributed by atoms with E-state index in [1.807, 2.05) is 36.4 Å². The minimum absolute atomic E-state index is 0.100. The Labute approximate surface area is 724 Å². The quantitative estimate of drug-likeness (QED) is 0.0159. The van der Waals surface area contributed by atoms with Gasteiger partial charge in [-0.2, -0.15) is 0 Å². The molecule has 0 aromatic heterocycles. The van der Waals surface area contributed by atoms with Crippen molar-refractivity contribution in [2.75, 3.05) is 106 Å². The number of rotatable bonds is 38. The molecule has 10 aromatic carbocycles. The van der Waals surface area contributed by atoms with Crippen molar-refractivity contribution in [1.29, 1.82) is 0 Å². The maximum Gasteiger partial charge on any atom is 0.338 e. The van der Waals surface area contributed by atoms with Crippen LogP contribution in [0.4, 0.5) is 0 Å². The van der Waals surface area contributed by atoms with E-state index in [-0.39, 0.29) is 48.1 Å². The predicted molar refractivity (Wildman–Crippen MR) is 505 cm³/mol. The van der Waals surface area contributed by atoms with Gasteiger partial charge in [0.15, 0.2) is 0 Å². The van der Waals surface area contributed by atoms with Gasteiger partial charge in [0.1, 0.15) is 13.2 Å². The van der Waals surface area contributed by atoms with E-state index >= 15 is 0 Å². The maximum absolute atomic E-state index is 13.7. The molecule has 10 aromatic rings. The lowest BCUT2D eigenvalue weighted by molar-refractivity contribution is -0.0236. The summed E-state index contributed by atoms with van der Waals surface area (Å²) in [7, 11) is 0. The highest BCUT2D eigenvalue weighted by Gasteiger charge is 2.42. The molecule has 0 saturated carbocycles. The summed E-state index contributed by atoms with van der Waals surface area (Å²) in [6.07, 6.45) is 0. The monoisotopic (exact) mass is 1640 g/mol. The van der Waals surface area contributed by atoms with E-state index in [1.54, 1.807) is 0 Å². The van der Waals surface area contributed by atoms with Crippen LogP contribution in [0.25, 0.3) is 86.2 Å². The molecule has 0 N–H and O–H groups in total. The van der Waals surface area contributed by atoms with E-state index < -0.39 is 11.9 Å². The Balaban J connectivity index is 0.639. The summed E-state index contributed by atoms with van der Waals surface area (Å²) in [5.74, 6) is 34.6. The van der Waals surface area contributed by atoms with E-state index in [4.69, 9.17) is 42.6 Å². The highest BCUT2D eigenvalue weighted by Crippen LogP contribution is 2.49. The number of esters is 2. The molecule has 0 atom stereocenters. The van der Waals surface area contributed by atoms with Crippen LogP contribution in [0.5, 0.6) is 0 Å². The number of ether oxygens (including phenoxy) is 9. The lowest BCUT2D eigenvalue weighted by Gasteiger charge is -2.40. The normalized spacial score (nSPS) is 12.6. The van der Waals surface area contributed by atoms with Crippen molar-refractivity contribution in [3.8, 4) is 47.4 Å². The SMILES string of the molecule is CC(C)C(C#Cc1c2cc3ccccc3cc2c(C#CC(C(C)C)(C(C)C)C(C)C)c2cc3cc(C(=O)OCCOCCOCCOCCOCCOCCOCCOCCOC(=O)c4ccc5cc6c(C#CC(C(C)C)(C(C)C)C(C)C)c7cc8ccccc8cc7c(C#CC(C(C)C)(C(C)C)C(C)C)c6cc5c4)ccc3cc12)(C(C)C)C(C)C. The molecule has 0 unspecified atom stereocenters. The third kappa shape index (κ3) is 21.0. The van der Waals surface area contributed by atoms with Crippen LogP contribution in [-0.4, -0.2) is 118 Å². The average molecular weight is 1640 g/mol. The van der Waals surface area contributed by atoms with Crippen LogP contribution in [0.15, 0.2) is 133 Å². The largest absolute Gasteiger partial charge is 0.460 e. The van der Waals surface area contributed by atoms with Crippen molar-refractivity contribution in [1.82, 2.24) is 0 Å². The maximum atomic E-state index is 13.7. The summed E-state index contributed by atoms with van der Waals surface area (Å²) in [5.41, 5.74) is 3.99. The van der Waals surface area contributed by atoms with Gasteiger partial charge in [0.05, 0.1) is 104 Å². The van der Waals surface area contributed by atoms with Gasteiger partial charge in [0.25, 0.3) is 0 Å². The van der Waals surface area contributed by atoms with Crippen molar-refractivity contribution in [3.63, 3.8) is 0 Å². The lowest BCUT2D eigenvalue weighted by atomic mass is 9.62. The topological polar surface area (TPSA) is 117 Å². The molecule has 0 heterocycles. The fourth-order valence-electron chi connectivity index (χ4n) is 20.5. The summed E-state index contributed by atoms with van der Waals surface area (Å²) in [6, 6.07) is 47.0. The van der Waals surface area contributed by atoms with Gasteiger partial charge in [0.2, 0.25) is 0 Å². The van der Waals surface area contributed by atoms with E-state index in [9.17, 15) is 9.59 Å². The minimum atomic E-state index is -0.415. The number of fused-ring (bicyclic) bond motifs is 8. The van der Waals surface area contributed by atoms with Crippen LogP contribution in [0.3, 0.4) is 0 Å². The van der Waals surface area contributed by atoms with Crippen LogP contribution in [0.2, 0.25) is 0 Å². The highest BCUT2D eigenvalue weighted by atomic mass is 16.6. The van der Waals surface area contributed by atoms with Gasteiger partial charge in [-0.3, -0.25) is 0 Å². The molecule has 10 rings (SSSR count). The van der Waals surface area contributed by atoms with Crippen molar-refractivity contribution < 1.29 is 52.2 Å². The fourth-order valence-corrected chi connectivity index (χ4v) is 20.5. The summed E-state index contributed by atoms with van der Waals surface area (Å²) < 4.78 is 51.7. The standard InChI is InChI=1S/C110H138O11/c1-71(2)107(72(3)4,73(5)6)41-37-93-97-63-83-29-25-27-31-85(83)65-99(97)95(39-43-109(77(13)14,78(15)16)79(17)18)103-69-91-61-89(35-33-87(91)67-101(93)103)105(111)120-59-57-118-55-53-116-51-49-114-47-45-113-46-48-115-50-52-117-54-56-119-58-60-121-106(112)90-36-34-88-68-102-94(38-42-108(74(7)8,75(9)10)76(11)12)98-64-84-30-26-28-32-86(84)66-100(98)96(104(102)70-92(88)62-90)40-44-110(80(19)20,81(21)22)82(23)24/h25-36,61-82H,45-60H2,1-24H3. The average Bonchev–Trinajstić information content (AvgIpc) is 0.730. The second kappa shape index (κ2) is 42.5. The molecule has 121 heavy (non-hydrogen) atoms. The first-order valence-corrected chi connectivity index (χ1v) is 45.0. The Bertz CT molecular complexity index is 5090. The molecule has 0 fully saturated rings. The van der Waals surface area contributed by atoms with E-state index in [2.05, 4.69) is 311 Å². The summed E-state index contributed by atoms with van der Waals surface area (Å²) >= 11 is 0. The molecule has 11 nitrogen and oxygen atoms in total. The highest BCUT2D eigenvalue weighted by molar-refractivity contribution is 6.18. The van der Waals surface area contributed by atoms with Crippen LogP contribution in [0.1, 0.15) is 209 Å². The number of hydrogen-bond donors (Lipinski definition) is 0. The molecule has 0 aliphatic carbocycles. The van der Waals surface area contributed by atoms with Gasteiger partial charge in [-0.1, -0.05) is 274 Å². The molecule has 0 spiro atoms. The van der Waals surface area contributed by atoms with Gasteiger partial charge in [-0.15, -0.1) is 0 Å². The van der Waals surface area contributed by atoms with Crippen molar-refractivity contribution in [2.45, 2.75) is 166 Å². The Morgan fingerprint density at radius 3 is 0.570 bits per heavy atom. The van der Waals surface area contributed by atoms with Crippen molar-refractivity contribution in [3.05, 3.63) is 167 Å². The fraction of sp³-hybridized carbons (Fsp3) is 0.509. The third-order valence-corrected chi connectivity index (χ3v) is 26.6. The predicted octanol–water partition coefficient (Wildman–Crippen LogP) is 25.3. The zero-order valence-electron chi connectivity index (χ0n) is 77.4. The minimum Gasteiger partial charge on any atom is -0.460 e. The molecule has 0 aliphatic rings. The number of carbonyl (C=O) groups is 2. The summed E-state index contributed by atoms with van der Waals surface area (Å²) in [4.78, 5) is 27.5. The van der Waals surface area contributed by atoms with Crippen LogP contribution in [-0.2, 0) is 42.6 Å². The molecule has 0 aliphatic heterocycles. The van der Waals surface area contributed by atoms with E-state index in [0.29, 0.717) is 161 Å². The zero-order chi connectivity index (χ0) is 87.7. The van der Waals surface area contributed by atoms with Gasteiger partial charge in [-0.25, -0.2) is 9.59 Å². The second-order valence-corrected chi connectivity index (χ2v) is 37.1. The van der Waals surface area contributed by atoms with Crippen LogP contribution in [0, 0.1) is 140 Å². The van der Waals surface area contributed by atoms with E-state index in [0.717, 1.165) is 108 Å². The first kappa shape index (κ1) is 94.4. The molecular weight excluding hydrogens is 1500 g/mol.